The summed E-state index contributed by atoms with van der Waals surface area (Å²) in [6, 6.07) is -0.146. The molecule has 0 saturated carbocycles. The summed E-state index contributed by atoms with van der Waals surface area (Å²) in [6.45, 7) is 3.82. The predicted octanol–water partition coefficient (Wildman–Crippen LogP) is 1.50. The van der Waals surface area contributed by atoms with Gasteiger partial charge >= 0.3 is 0 Å². The van der Waals surface area contributed by atoms with Crippen molar-refractivity contribution in [1.82, 2.24) is 10.2 Å². The van der Waals surface area contributed by atoms with Crippen LogP contribution in [0, 0.1) is 5.92 Å². The Labute approximate surface area is 114 Å². The van der Waals surface area contributed by atoms with Gasteiger partial charge < -0.3 is 10.2 Å². The van der Waals surface area contributed by atoms with E-state index >= 15 is 0 Å². The first-order valence-corrected chi connectivity index (χ1v) is 7.62. The molecule has 1 N–H and O–H groups in total. The standard InChI is InChI=1S/C11H17NO2S.C2H7N/c1-7(2)11(14)8-6-15-10-5-3-4-9(13)12(8)10;1-3-2/h7-8,10H,3-6H2,1-2H3;3H,1-2H3. The van der Waals surface area contributed by atoms with Crippen LogP contribution in [0.1, 0.15) is 33.1 Å². The minimum Gasteiger partial charge on any atom is -0.323 e. The number of piperidine rings is 1. The number of rotatable bonds is 2. The van der Waals surface area contributed by atoms with Gasteiger partial charge in [0.25, 0.3) is 0 Å². The van der Waals surface area contributed by atoms with Crippen molar-refractivity contribution in [2.24, 2.45) is 5.92 Å². The van der Waals surface area contributed by atoms with E-state index in [0.717, 1.165) is 18.6 Å². The lowest BCUT2D eigenvalue weighted by molar-refractivity contribution is -0.141. The van der Waals surface area contributed by atoms with E-state index in [-0.39, 0.29) is 29.0 Å². The number of Topliss-reactive ketones (excluding diaryl/α,β-unsaturated/α-hetero) is 1. The Balaban J connectivity index is 0.000000492. The summed E-state index contributed by atoms with van der Waals surface area (Å²) in [5, 5.41) is 3.03. The molecule has 0 radical (unpaired) electrons. The van der Waals surface area contributed by atoms with Crippen molar-refractivity contribution in [3.63, 3.8) is 0 Å². The van der Waals surface area contributed by atoms with Crippen LogP contribution < -0.4 is 5.32 Å². The summed E-state index contributed by atoms with van der Waals surface area (Å²) in [7, 11) is 3.75. The van der Waals surface area contributed by atoms with Gasteiger partial charge in [-0.25, -0.2) is 0 Å². The van der Waals surface area contributed by atoms with E-state index in [0.29, 0.717) is 6.42 Å². The summed E-state index contributed by atoms with van der Waals surface area (Å²) >= 11 is 1.77. The topological polar surface area (TPSA) is 49.4 Å². The van der Waals surface area contributed by atoms with Gasteiger partial charge in [-0.05, 0) is 26.9 Å². The van der Waals surface area contributed by atoms with Gasteiger partial charge in [0.05, 0.1) is 5.37 Å². The number of ketones is 1. The van der Waals surface area contributed by atoms with E-state index in [2.05, 4.69) is 5.32 Å². The quantitative estimate of drug-likeness (QED) is 0.827. The number of nitrogens with zero attached hydrogens (tertiary/aromatic N) is 1. The van der Waals surface area contributed by atoms with E-state index in [9.17, 15) is 9.59 Å². The monoisotopic (exact) mass is 272 g/mol. The number of thioether (sulfide) groups is 1. The molecule has 4 nitrogen and oxygen atoms in total. The molecule has 2 fully saturated rings. The molecule has 2 unspecified atom stereocenters. The van der Waals surface area contributed by atoms with Crippen molar-refractivity contribution in [3.05, 3.63) is 0 Å². The molecule has 0 aliphatic carbocycles. The van der Waals surface area contributed by atoms with Gasteiger partial charge in [0, 0.05) is 18.1 Å². The average Bonchev–Trinajstić information content (AvgIpc) is 2.74. The normalized spacial score (nSPS) is 26.7. The lowest BCUT2D eigenvalue weighted by Gasteiger charge is -2.32. The second-order valence-corrected chi connectivity index (χ2v) is 6.26. The third-order valence-electron chi connectivity index (χ3n) is 3.12. The highest BCUT2D eigenvalue weighted by Gasteiger charge is 2.43. The first kappa shape index (κ1) is 15.5. The Hall–Kier alpha value is -0.550. The van der Waals surface area contributed by atoms with Crippen LogP contribution in [0.3, 0.4) is 0 Å². The Kier molecular flexibility index (Phi) is 6.15. The Bertz CT molecular complexity index is 307. The summed E-state index contributed by atoms with van der Waals surface area (Å²) in [5.41, 5.74) is 0. The molecule has 2 aliphatic rings. The first-order valence-electron chi connectivity index (χ1n) is 6.57. The fraction of sp³-hybridized carbons (Fsp3) is 0.846. The molecule has 1 amide bonds. The molecular formula is C13H24N2O2S. The molecule has 0 aromatic rings. The van der Waals surface area contributed by atoms with E-state index in [4.69, 9.17) is 0 Å². The second-order valence-electron chi connectivity index (χ2n) is 5.05. The summed E-state index contributed by atoms with van der Waals surface area (Å²) < 4.78 is 0. The zero-order valence-corrected chi connectivity index (χ0v) is 12.5. The van der Waals surface area contributed by atoms with Crippen LogP contribution in [-0.2, 0) is 9.59 Å². The molecule has 2 saturated heterocycles. The number of carbonyl (C=O) groups is 2. The fourth-order valence-electron chi connectivity index (χ4n) is 2.28. The molecule has 0 aromatic heterocycles. The largest absolute Gasteiger partial charge is 0.323 e. The third-order valence-corrected chi connectivity index (χ3v) is 4.48. The number of amides is 1. The van der Waals surface area contributed by atoms with Gasteiger partial charge in [-0.3, -0.25) is 9.59 Å². The molecule has 18 heavy (non-hydrogen) atoms. The van der Waals surface area contributed by atoms with Crippen molar-refractivity contribution < 1.29 is 9.59 Å². The molecule has 2 atom stereocenters. The van der Waals surface area contributed by atoms with Gasteiger partial charge in [0.15, 0.2) is 5.78 Å². The summed E-state index contributed by atoms with van der Waals surface area (Å²) in [6.07, 6.45) is 2.66. The second kappa shape index (κ2) is 7.14. The van der Waals surface area contributed by atoms with Crippen molar-refractivity contribution in [2.75, 3.05) is 19.8 Å². The van der Waals surface area contributed by atoms with Crippen LogP contribution in [-0.4, -0.2) is 47.9 Å². The molecule has 104 valence electrons. The maximum Gasteiger partial charge on any atom is 0.224 e. The van der Waals surface area contributed by atoms with Crippen molar-refractivity contribution in [1.29, 1.82) is 0 Å². The molecule has 5 heteroatoms. The van der Waals surface area contributed by atoms with Gasteiger partial charge in [0.2, 0.25) is 5.91 Å². The summed E-state index contributed by atoms with van der Waals surface area (Å²) in [4.78, 5) is 25.6. The minimum atomic E-state index is -0.146. The average molecular weight is 272 g/mol. The van der Waals surface area contributed by atoms with Gasteiger partial charge in [-0.15, -0.1) is 11.8 Å². The predicted molar refractivity (Wildman–Crippen MR) is 75.6 cm³/mol. The lowest BCUT2D eigenvalue weighted by atomic mass is 9.99. The van der Waals surface area contributed by atoms with Crippen LogP contribution in [0.25, 0.3) is 0 Å². The number of fused-ring (bicyclic) bond motifs is 1. The van der Waals surface area contributed by atoms with Crippen LogP contribution >= 0.6 is 11.8 Å². The SMILES string of the molecule is CC(C)C(=O)C1CSC2CCCC(=O)N21.CNC. The molecule has 0 bridgehead atoms. The molecule has 0 spiro atoms. The van der Waals surface area contributed by atoms with E-state index < -0.39 is 0 Å². The molecular weight excluding hydrogens is 248 g/mol. The van der Waals surface area contributed by atoms with Crippen molar-refractivity contribution >= 4 is 23.5 Å². The molecule has 2 heterocycles. The highest BCUT2D eigenvalue weighted by molar-refractivity contribution is 8.00. The Morgan fingerprint density at radius 1 is 1.44 bits per heavy atom. The molecule has 2 aliphatic heterocycles. The van der Waals surface area contributed by atoms with Crippen LogP contribution in [0.15, 0.2) is 0 Å². The Morgan fingerprint density at radius 2 is 2.06 bits per heavy atom. The van der Waals surface area contributed by atoms with E-state index in [1.54, 1.807) is 11.8 Å². The number of carbonyl (C=O) groups excluding carboxylic acids is 2. The maximum absolute atomic E-state index is 11.9. The Morgan fingerprint density at radius 3 is 2.61 bits per heavy atom. The van der Waals surface area contributed by atoms with E-state index in [1.807, 2.05) is 32.8 Å². The molecule has 2 rings (SSSR count). The number of hydrogen-bond donors (Lipinski definition) is 1. The van der Waals surface area contributed by atoms with E-state index in [1.165, 1.54) is 0 Å². The third kappa shape index (κ3) is 3.48. The lowest BCUT2D eigenvalue weighted by Crippen LogP contribution is -2.48. The van der Waals surface area contributed by atoms with Crippen LogP contribution in [0.2, 0.25) is 0 Å². The molecule has 0 aromatic carbocycles. The number of nitrogens with one attached hydrogen (secondary N) is 1. The highest BCUT2D eigenvalue weighted by Crippen LogP contribution is 2.37. The highest BCUT2D eigenvalue weighted by atomic mass is 32.2. The van der Waals surface area contributed by atoms with Gasteiger partial charge in [-0.1, -0.05) is 13.8 Å². The van der Waals surface area contributed by atoms with Gasteiger partial charge in [0.1, 0.15) is 6.04 Å². The maximum atomic E-state index is 11.9. The summed E-state index contributed by atoms with van der Waals surface area (Å²) in [5.74, 6) is 1.23. The fourth-order valence-corrected chi connectivity index (χ4v) is 3.77. The van der Waals surface area contributed by atoms with Crippen LogP contribution in [0.4, 0.5) is 0 Å². The first-order chi connectivity index (χ1) is 8.52. The zero-order chi connectivity index (χ0) is 13.7. The van der Waals surface area contributed by atoms with Gasteiger partial charge in [-0.2, -0.15) is 0 Å². The minimum absolute atomic E-state index is 0.0316. The van der Waals surface area contributed by atoms with Crippen LogP contribution in [0.5, 0.6) is 0 Å². The number of hydrogen-bond acceptors (Lipinski definition) is 4. The van der Waals surface area contributed by atoms with Crippen molar-refractivity contribution in [3.8, 4) is 0 Å². The van der Waals surface area contributed by atoms with Crippen molar-refractivity contribution in [2.45, 2.75) is 44.5 Å². The smallest absolute Gasteiger partial charge is 0.224 e. The zero-order valence-electron chi connectivity index (χ0n) is 11.7.